The van der Waals surface area contributed by atoms with E-state index in [9.17, 15) is 4.79 Å². The molecule has 4 nitrogen and oxygen atoms in total. The molecule has 2 atom stereocenters. The zero-order chi connectivity index (χ0) is 9.14. The Bertz CT molecular complexity index is 166. The van der Waals surface area contributed by atoms with Crippen LogP contribution >= 0.6 is 0 Å². The van der Waals surface area contributed by atoms with E-state index in [1.807, 2.05) is 0 Å². The van der Waals surface area contributed by atoms with Gasteiger partial charge in [-0.25, -0.2) is 0 Å². The van der Waals surface area contributed by atoms with Gasteiger partial charge >= 0.3 is 5.97 Å². The van der Waals surface area contributed by atoms with Crippen molar-refractivity contribution in [3.8, 4) is 0 Å². The van der Waals surface area contributed by atoms with Gasteiger partial charge in [-0.1, -0.05) is 0 Å². The topological polar surface area (TPSA) is 77.8 Å². The standard InChI is InChI=1S/C8H14O4/c9-7(10)4-5-1-2-6(3-5)8(11)12/h5-7,9-10H,1-4H2,(H,11,12)/t5-,6+/m1/s1. The normalized spacial score (nSPS) is 29.6. The maximum absolute atomic E-state index is 10.5. The van der Waals surface area contributed by atoms with Gasteiger partial charge < -0.3 is 15.3 Å². The Hall–Kier alpha value is -0.610. The van der Waals surface area contributed by atoms with Crippen molar-refractivity contribution in [2.24, 2.45) is 11.8 Å². The molecule has 0 amide bonds. The molecule has 1 fully saturated rings. The molecular formula is C8H14O4. The molecule has 0 bridgehead atoms. The number of carboxylic acid groups (broad SMARTS) is 1. The minimum Gasteiger partial charge on any atom is -0.481 e. The van der Waals surface area contributed by atoms with Crippen molar-refractivity contribution in [3.63, 3.8) is 0 Å². The van der Waals surface area contributed by atoms with Crippen molar-refractivity contribution < 1.29 is 20.1 Å². The van der Waals surface area contributed by atoms with Gasteiger partial charge in [-0.2, -0.15) is 0 Å². The zero-order valence-electron chi connectivity index (χ0n) is 6.81. The van der Waals surface area contributed by atoms with E-state index in [-0.39, 0.29) is 11.8 Å². The zero-order valence-corrected chi connectivity index (χ0v) is 6.81. The summed E-state index contributed by atoms with van der Waals surface area (Å²) in [5.41, 5.74) is 0. The highest BCUT2D eigenvalue weighted by Gasteiger charge is 2.30. The highest BCUT2D eigenvalue weighted by molar-refractivity contribution is 5.70. The summed E-state index contributed by atoms with van der Waals surface area (Å²) in [6.07, 6.45) is 1.08. The van der Waals surface area contributed by atoms with Gasteiger partial charge in [-0.3, -0.25) is 4.79 Å². The molecule has 0 aromatic heterocycles. The highest BCUT2D eigenvalue weighted by Crippen LogP contribution is 2.33. The third-order valence-corrected chi connectivity index (χ3v) is 2.43. The lowest BCUT2D eigenvalue weighted by Gasteiger charge is -2.09. The fourth-order valence-corrected chi connectivity index (χ4v) is 1.81. The number of hydrogen-bond donors (Lipinski definition) is 3. The Morgan fingerprint density at radius 2 is 2.08 bits per heavy atom. The molecule has 1 aliphatic rings. The average molecular weight is 174 g/mol. The van der Waals surface area contributed by atoms with E-state index >= 15 is 0 Å². The molecule has 1 rings (SSSR count). The summed E-state index contributed by atoms with van der Waals surface area (Å²) >= 11 is 0. The van der Waals surface area contributed by atoms with E-state index in [0.29, 0.717) is 19.3 Å². The van der Waals surface area contributed by atoms with Crippen LogP contribution in [0.2, 0.25) is 0 Å². The molecule has 3 N–H and O–H groups in total. The molecule has 4 heteroatoms. The van der Waals surface area contributed by atoms with E-state index in [0.717, 1.165) is 6.42 Å². The second-order valence-electron chi connectivity index (χ2n) is 3.43. The lowest BCUT2D eigenvalue weighted by molar-refractivity contribution is -0.141. The monoisotopic (exact) mass is 174 g/mol. The predicted octanol–water partition coefficient (Wildman–Crippen LogP) is 0.188. The molecule has 0 aromatic rings. The predicted molar refractivity (Wildman–Crippen MR) is 41.3 cm³/mol. The van der Waals surface area contributed by atoms with Gasteiger partial charge in [0.2, 0.25) is 0 Å². The lowest BCUT2D eigenvalue weighted by atomic mass is 10.0. The van der Waals surface area contributed by atoms with Crippen molar-refractivity contribution in [2.45, 2.75) is 32.0 Å². The van der Waals surface area contributed by atoms with Gasteiger partial charge in [0.1, 0.15) is 0 Å². The molecule has 0 aliphatic heterocycles. The van der Waals surface area contributed by atoms with Gasteiger partial charge in [-0.15, -0.1) is 0 Å². The maximum atomic E-state index is 10.5. The molecule has 12 heavy (non-hydrogen) atoms. The summed E-state index contributed by atoms with van der Waals surface area (Å²) in [6.45, 7) is 0. The Labute approximate surface area is 70.8 Å². The molecule has 1 aliphatic carbocycles. The molecule has 0 spiro atoms. The molecule has 0 saturated heterocycles. The van der Waals surface area contributed by atoms with Crippen molar-refractivity contribution in [2.75, 3.05) is 0 Å². The first-order valence-electron chi connectivity index (χ1n) is 4.18. The first kappa shape index (κ1) is 9.48. The number of carboxylic acids is 1. The summed E-state index contributed by atoms with van der Waals surface area (Å²) in [7, 11) is 0. The van der Waals surface area contributed by atoms with Crippen LogP contribution in [-0.4, -0.2) is 27.6 Å². The number of aliphatic carboxylic acids is 1. The Morgan fingerprint density at radius 3 is 2.50 bits per heavy atom. The minimum atomic E-state index is -1.29. The lowest BCUT2D eigenvalue weighted by Crippen LogP contribution is -2.13. The van der Waals surface area contributed by atoms with Crippen LogP contribution < -0.4 is 0 Å². The molecule has 0 heterocycles. The first-order valence-corrected chi connectivity index (χ1v) is 4.18. The Balaban J connectivity index is 2.30. The van der Waals surface area contributed by atoms with Crippen LogP contribution in [-0.2, 0) is 4.79 Å². The van der Waals surface area contributed by atoms with E-state index < -0.39 is 12.3 Å². The average Bonchev–Trinajstić information content (AvgIpc) is 2.34. The fraction of sp³-hybridized carbons (Fsp3) is 0.875. The van der Waals surface area contributed by atoms with Crippen LogP contribution in [0.25, 0.3) is 0 Å². The van der Waals surface area contributed by atoms with Crippen LogP contribution in [0.3, 0.4) is 0 Å². The van der Waals surface area contributed by atoms with Gasteiger partial charge in [-0.05, 0) is 25.2 Å². The summed E-state index contributed by atoms with van der Waals surface area (Å²) < 4.78 is 0. The summed E-state index contributed by atoms with van der Waals surface area (Å²) in [5.74, 6) is -0.857. The summed E-state index contributed by atoms with van der Waals surface area (Å²) in [4.78, 5) is 10.5. The van der Waals surface area contributed by atoms with E-state index in [1.54, 1.807) is 0 Å². The van der Waals surface area contributed by atoms with E-state index in [4.69, 9.17) is 15.3 Å². The molecule has 0 unspecified atom stereocenters. The van der Waals surface area contributed by atoms with E-state index in [1.165, 1.54) is 0 Å². The van der Waals surface area contributed by atoms with Crippen molar-refractivity contribution in [3.05, 3.63) is 0 Å². The highest BCUT2D eigenvalue weighted by atomic mass is 16.5. The number of aliphatic hydroxyl groups excluding tert-OH is 1. The molecule has 1 saturated carbocycles. The molecule has 0 aromatic carbocycles. The smallest absolute Gasteiger partial charge is 0.306 e. The van der Waals surface area contributed by atoms with Crippen molar-refractivity contribution >= 4 is 5.97 Å². The Kier molecular flexibility index (Phi) is 3.05. The summed E-state index contributed by atoms with van der Waals surface area (Å²) in [5, 5.41) is 25.9. The summed E-state index contributed by atoms with van der Waals surface area (Å²) in [6, 6.07) is 0. The van der Waals surface area contributed by atoms with E-state index in [2.05, 4.69) is 0 Å². The third kappa shape index (κ3) is 2.46. The van der Waals surface area contributed by atoms with Gasteiger partial charge in [0, 0.05) is 6.42 Å². The van der Waals surface area contributed by atoms with Gasteiger partial charge in [0.15, 0.2) is 6.29 Å². The third-order valence-electron chi connectivity index (χ3n) is 2.43. The number of rotatable bonds is 3. The van der Waals surface area contributed by atoms with Crippen LogP contribution in [0.5, 0.6) is 0 Å². The van der Waals surface area contributed by atoms with Crippen LogP contribution in [0.4, 0.5) is 0 Å². The molecule has 70 valence electrons. The fourth-order valence-electron chi connectivity index (χ4n) is 1.81. The number of hydrogen-bond acceptors (Lipinski definition) is 3. The largest absolute Gasteiger partial charge is 0.481 e. The maximum Gasteiger partial charge on any atom is 0.306 e. The number of carbonyl (C=O) groups is 1. The quantitative estimate of drug-likeness (QED) is 0.534. The molecular weight excluding hydrogens is 160 g/mol. The van der Waals surface area contributed by atoms with Gasteiger partial charge in [0.05, 0.1) is 5.92 Å². The van der Waals surface area contributed by atoms with Crippen molar-refractivity contribution in [1.29, 1.82) is 0 Å². The van der Waals surface area contributed by atoms with Crippen molar-refractivity contribution in [1.82, 2.24) is 0 Å². The number of aliphatic hydroxyl groups is 2. The first-order chi connectivity index (χ1) is 5.59. The van der Waals surface area contributed by atoms with Gasteiger partial charge in [0.25, 0.3) is 0 Å². The van der Waals surface area contributed by atoms with Crippen LogP contribution in [0.1, 0.15) is 25.7 Å². The SMILES string of the molecule is O=C(O)[C@H]1CC[C@@H](CC(O)O)C1. The molecule has 0 radical (unpaired) electrons. The second kappa shape index (κ2) is 3.87. The Morgan fingerprint density at radius 1 is 1.42 bits per heavy atom. The van der Waals surface area contributed by atoms with Crippen LogP contribution in [0, 0.1) is 11.8 Å². The minimum absolute atomic E-state index is 0.172. The van der Waals surface area contributed by atoms with Crippen LogP contribution in [0.15, 0.2) is 0 Å². The second-order valence-corrected chi connectivity index (χ2v) is 3.43.